The minimum Gasteiger partial charge on any atom is -0.508 e. The van der Waals surface area contributed by atoms with E-state index in [9.17, 15) is 58.2 Å². The number of carbonyl (C=O) groups is 10. The van der Waals surface area contributed by atoms with Crippen molar-refractivity contribution in [3.8, 4) is 5.75 Å². The highest BCUT2D eigenvalue weighted by Crippen LogP contribution is 2.26. The zero-order valence-electron chi connectivity index (χ0n) is 38.1. The molecular weight excluding hydrogens is 953 g/mol. The number of carboxylic acid groups (broad SMARTS) is 1. The summed E-state index contributed by atoms with van der Waals surface area (Å²) in [5.74, 6) is -9.43. The Hall–Kier alpha value is -7.09. The van der Waals surface area contributed by atoms with E-state index in [2.05, 4.69) is 36.9 Å². The number of nitrogens with one attached hydrogen (secondary N) is 6. The number of primary amides is 2. The summed E-state index contributed by atoms with van der Waals surface area (Å²) in [6, 6.07) is 4.49. The van der Waals surface area contributed by atoms with E-state index < -0.39 is 121 Å². The molecule has 0 radical (unpaired) electrons. The molecule has 4 rings (SSSR count). The maximum atomic E-state index is 14.4. The number of nitrogens with two attached hydrogens (primary N) is 4. The number of phenols is 1. The quantitative estimate of drug-likeness (QED) is 0.0328. The van der Waals surface area contributed by atoms with E-state index in [1.54, 1.807) is 42.5 Å². The lowest BCUT2D eigenvalue weighted by Crippen LogP contribution is -2.61. The first-order chi connectivity index (χ1) is 33.3. The number of guanidine groups is 1. The van der Waals surface area contributed by atoms with Crippen LogP contribution in [0.5, 0.6) is 5.75 Å². The number of carbonyl (C=O) groups excluding carboxylic acids is 9. The van der Waals surface area contributed by atoms with Crippen LogP contribution in [-0.2, 0) is 60.8 Å². The van der Waals surface area contributed by atoms with Crippen LogP contribution in [0.4, 0.5) is 0 Å². The number of likely N-dealkylation sites (tertiary alicyclic amines) is 1. The lowest BCUT2D eigenvalue weighted by molar-refractivity contribution is -0.145. The van der Waals surface area contributed by atoms with Crippen molar-refractivity contribution < 1.29 is 58.2 Å². The molecule has 0 aliphatic carbocycles. The first-order valence-corrected chi connectivity index (χ1v) is 24.8. The molecule has 0 saturated carbocycles. The molecule has 0 bridgehead atoms. The molecule has 0 unspecified atom stereocenters. The van der Waals surface area contributed by atoms with Crippen molar-refractivity contribution in [2.45, 2.75) is 107 Å². The third kappa shape index (κ3) is 18.4. The van der Waals surface area contributed by atoms with Gasteiger partial charge in [0.2, 0.25) is 53.2 Å². The normalized spacial score (nSPS) is 22.4. The van der Waals surface area contributed by atoms with Crippen molar-refractivity contribution in [3.63, 3.8) is 0 Å². The van der Waals surface area contributed by atoms with Crippen molar-refractivity contribution in [1.82, 2.24) is 36.8 Å². The third-order valence-corrected chi connectivity index (χ3v) is 13.5. The number of aliphatic imine (C=N–C) groups is 1. The highest BCUT2D eigenvalue weighted by atomic mass is 33.1. The number of aromatic hydroxyl groups is 1. The molecule has 70 heavy (non-hydrogen) atoms. The van der Waals surface area contributed by atoms with Gasteiger partial charge in [0, 0.05) is 50.3 Å². The monoisotopic (exact) mass is 1010 g/mol. The van der Waals surface area contributed by atoms with Crippen molar-refractivity contribution in [3.05, 3.63) is 65.7 Å². The summed E-state index contributed by atoms with van der Waals surface area (Å²) in [7, 11) is 2.20. The fourth-order valence-corrected chi connectivity index (χ4v) is 9.62. The molecule has 2 aromatic rings. The number of nitrogens with zero attached hydrogens (tertiary/aromatic N) is 2. The number of benzene rings is 2. The Kier molecular flexibility index (Phi) is 22.0. The van der Waals surface area contributed by atoms with Crippen LogP contribution in [0.1, 0.15) is 62.5 Å². The Balaban J connectivity index is 1.68. The average Bonchev–Trinajstić information content (AvgIpc) is 3.80. The van der Waals surface area contributed by atoms with Crippen molar-refractivity contribution in [1.29, 1.82) is 0 Å². The van der Waals surface area contributed by atoms with E-state index >= 15 is 0 Å². The molecule has 2 aromatic carbocycles. The maximum absolute atomic E-state index is 14.4. The van der Waals surface area contributed by atoms with E-state index in [-0.39, 0.29) is 74.8 Å². The third-order valence-electron chi connectivity index (χ3n) is 11.0. The second-order valence-corrected chi connectivity index (χ2v) is 19.1. The molecule has 0 spiro atoms. The zero-order chi connectivity index (χ0) is 51.3. The standard InChI is InChI=1S/C44H60N12O12S2/c45-34(58)15-14-27-37(61)54-31(22-35(46)59)40(64)55-32(42(66)56-18-5-9-33(56)41(65)52-28(43(67)68)8-4-17-49-44(47)48)23-70-69-19-16-36(60)50-29(21-25-10-12-26(57)13-11-25)38(62)53-30(39(63)51-27)20-24-6-2-1-3-7-24/h1-3,6-7,10-13,27-33,57H,4-5,8-9,14-23H2,(H2,45,58)(H2,46,59)(H,50,60)(H,51,63)(H,52,65)(H,53,62)(H,54,61)(H,55,64)(H,67,68)(H4,47,48,49)/t27-,28+,29-,30-,31-,32-,33-/m0/s1. The van der Waals surface area contributed by atoms with Gasteiger partial charge in [0.15, 0.2) is 5.96 Å². The van der Waals surface area contributed by atoms with Gasteiger partial charge in [-0.05, 0) is 55.4 Å². The Morgan fingerprint density at radius 1 is 0.757 bits per heavy atom. The summed E-state index contributed by atoms with van der Waals surface area (Å²) < 4.78 is 0. The molecule has 16 N–H and O–H groups in total. The van der Waals surface area contributed by atoms with Gasteiger partial charge in [-0.25, -0.2) is 4.79 Å². The number of phenolic OH excluding ortho intramolecular Hbond substituents is 1. The van der Waals surface area contributed by atoms with Gasteiger partial charge in [0.25, 0.3) is 0 Å². The van der Waals surface area contributed by atoms with Crippen molar-refractivity contribution in [2.24, 2.45) is 27.9 Å². The van der Waals surface area contributed by atoms with Crippen LogP contribution in [0.3, 0.4) is 0 Å². The van der Waals surface area contributed by atoms with Gasteiger partial charge in [-0.1, -0.05) is 64.1 Å². The number of amides is 9. The Morgan fingerprint density at radius 3 is 1.99 bits per heavy atom. The van der Waals surface area contributed by atoms with Gasteiger partial charge in [-0.2, -0.15) is 0 Å². The molecule has 0 aromatic heterocycles. The summed E-state index contributed by atoms with van der Waals surface area (Å²) in [6.45, 7) is 0.141. The molecule has 2 aliphatic heterocycles. The molecule has 9 amide bonds. The number of rotatable bonds is 17. The molecular formula is C44H60N12O12S2. The fraction of sp³-hybridized carbons (Fsp3) is 0.477. The van der Waals surface area contributed by atoms with Crippen LogP contribution >= 0.6 is 21.6 Å². The highest BCUT2D eigenvalue weighted by molar-refractivity contribution is 8.76. The van der Waals surface area contributed by atoms with Crippen LogP contribution < -0.4 is 54.8 Å². The van der Waals surface area contributed by atoms with Gasteiger partial charge in [-0.3, -0.25) is 48.1 Å². The Bertz CT molecular complexity index is 2240. The van der Waals surface area contributed by atoms with Crippen LogP contribution in [0.25, 0.3) is 0 Å². The summed E-state index contributed by atoms with van der Waals surface area (Å²) in [5, 5.41) is 35.1. The van der Waals surface area contributed by atoms with Crippen molar-refractivity contribution in [2.75, 3.05) is 24.6 Å². The predicted octanol–water partition coefficient (Wildman–Crippen LogP) is -2.86. The lowest BCUT2D eigenvalue weighted by Gasteiger charge is -2.30. The van der Waals surface area contributed by atoms with Crippen molar-refractivity contribution >= 4 is 86.7 Å². The molecule has 2 aliphatic rings. The second-order valence-electron chi connectivity index (χ2n) is 16.5. The largest absolute Gasteiger partial charge is 0.508 e. The summed E-state index contributed by atoms with van der Waals surface area (Å²) >= 11 is 0. The topological polar surface area (TPSA) is 403 Å². The van der Waals surface area contributed by atoms with Gasteiger partial charge in [0.1, 0.15) is 48.0 Å². The molecule has 2 saturated heterocycles. The van der Waals surface area contributed by atoms with Crippen LogP contribution in [0.2, 0.25) is 0 Å². The van der Waals surface area contributed by atoms with E-state index in [1.165, 1.54) is 17.0 Å². The van der Waals surface area contributed by atoms with Gasteiger partial charge in [-0.15, -0.1) is 0 Å². The predicted molar refractivity (Wildman–Crippen MR) is 258 cm³/mol. The fourth-order valence-electron chi connectivity index (χ4n) is 7.47. The number of hydrogen-bond donors (Lipinski definition) is 12. The maximum Gasteiger partial charge on any atom is 0.326 e. The average molecular weight is 1010 g/mol. The minimum absolute atomic E-state index is 0.0370. The van der Waals surface area contributed by atoms with Crippen LogP contribution in [0.15, 0.2) is 59.6 Å². The van der Waals surface area contributed by atoms with E-state index in [0.29, 0.717) is 17.5 Å². The molecule has 2 fully saturated rings. The Morgan fingerprint density at radius 2 is 1.36 bits per heavy atom. The molecule has 7 atom stereocenters. The van der Waals surface area contributed by atoms with E-state index in [4.69, 9.17) is 22.9 Å². The summed E-state index contributed by atoms with van der Waals surface area (Å²) in [5.41, 5.74) is 22.8. The van der Waals surface area contributed by atoms with E-state index in [0.717, 1.165) is 21.6 Å². The second kappa shape index (κ2) is 27.8. The number of hydrogen-bond acceptors (Lipinski definition) is 14. The van der Waals surface area contributed by atoms with Gasteiger partial charge >= 0.3 is 5.97 Å². The smallest absolute Gasteiger partial charge is 0.326 e. The summed E-state index contributed by atoms with van der Waals surface area (Å²) in [4.78, 5) is 139. The highest BCUT2D eigenvalue weighted by Gasteiger charge is 2.40. The first-order valence-electron chi connectivity index (χ1n) is 22.3. The van der Waals surface area contributed by atoms with Gasteiger partial charge < -0.3 is 69.9 Å². The first kappa shape index (κ1) is 55.5. The number of carboxylic acids is 1. The lowest BCUT2D eigenvalue weighted by atomic mass is 10.0. The zero-order valence-corrected chi connectivity index (χ0v) is 39.8. The molecule has 26 heteroatoms. The minimum atomic E-state index is -1.76. The Labute approximate surface area is 410 Å². The molecule has 24 nitrogen and oxygen atoms in total. The molecule has 2 heterocycles. The number of aliphatic carboxylic acids is 1. The van der Waals surface area contributed by atoms with Gasteiger partial charge in [0.05, 0.1) is 6.42 Å². The van der Waals surface area contributed by atoms with Crippen LogP contribution in [0, 0.1) is 0 Å². The van der Waals surface area contributed by atoms with E-state index in [1.807, 2.05) is 0 Å². The van der Waals surface area contributed by atoms with Crippen LogP contribution in [-0.4, -0.2) is 147 Å². The summed E-state index contributed by atoms with van der Waals surface area (Å²) in [6.07, 6.45) is -1.32. The molecule has 380 valence electrons. The SMILES string of the molecule is NC(=O)CC[C@@H]1NC(=O)[C@H](Cc2ccccc2)NC(=O)[C@H](Cc2ccc(O)cc2)NC(=O)CCSSC[C@@H](C(=O)N2CCC[C@H]2C(=O)N[C@H](CCCN=C(N)N)C(=O)O)NC(=O)[C@H](CC(N)=O)NC1=O.